The number of hydrogen-bond donors (Lipinski definition) is 0. The molecule has 1 aromatic carbocycles. The van der Waals surface area contributed by atoms with E-state index in [0.29, 0.717) is 0 Å². The minimum atomic E-state index is -0.864. The Labute approximate surface area is 123 Å². The summed E-state index contributed by atoms with van der Waals surface area (Å²) >= 11 is 10.9. The van der Waals surface area contributed by atoms with Gasteiger partial charge in [-0.3, -0.25) is 20.2 Å². The highest BCUT2D eigenvalue weighted by Crippen LogP contribution is 2.39. The quantitative estimate of drug-likeness (QED) is 0.413. The van der Waals surface area contributed by atoms with Crippen molar-refractivity contribution >= 4 is 34.6 Å². The molecule has 0 aliphatic heterocycles. The molecule has 0 amide bonds. The maximum atomic E-state index is 10.8. The molecular weight excluding hydrogens is 315 g/mol. The van der Waals surface area contributed by atoms with Gasteiger partial charge in [-0.05, 0) is 0 Å². The number of rotatable bonds is 8. The minimum absolute atomic E-state index is 0.00747. The number of nitrogens with zero attached hydrogens (tertiary/aromatic N) is 2. The fraction of sp³-hybridized carbons (Fsp3) is 0.400. The lowest BCUT2D eigenvalue weighted by Crippen LogP contribution is -2.06. The Kier molecular flexibility index (Phi) is 6.26. The lowest BCUT2D eigenvalue weighted by atomic mass is 10.2. The SMILES string of the molecule is O=[N+]([O-])c1cc(OCCCl)c(OCCCl)cc1[N+](=O)[O-]. The molecule has 0 aliphatic carbocycles. The van der Waals surface area contributed by atoms with Crippen molar-refractivity contribution in [1.82, 2.24) is 0 Å². The van der Waals surface area contributed by atoms with Gasteiger partial charge in [0.1, 0.15) is 13.2 Å². The summed E-state index contributed by atoms with van der Waals surface area (Å²) in [6, 6.07) is 1.88. The third-order valence-corrected chi connectivity index (χ3v) is 2.41. The van der Waals surface area contributed by atoms with Gasteiger partial charge >= 0.3 is 11.4 Å². The third kappa shape index (κ3) is 4.10. The maximum absolute atomic E-state index is 10.8. The summed E-state index contributed by atoms with van der Waals surface area (Å²) in [7, 11) is 0. The largest absolute Gasteiger partial charge is 0.488 e. The lowest BCUT2D eigenvalue weighted by Gasteiger charge is -2.11. The van der Waals surface area contributed by atoms with Gasteiger partial charge in [-0.2, -0.15) is 0 Å². The zero-order valence-electron chi connectivity index (χ0n) is 10.1. The molecule has 110 valence electrons. The number of alkyl halides is 2. The smallest absolute Gasteiger partial charge is 0.350 e. The van der Waals surface area contributed by atoms with Crippen LogP contribution in [0.3, 0.4) is 0 Å². The monoisotopic (exact) mass is 324 g/mol. The van der Waals surface area contributed by atoms with Crippen molar-refractivity contribution in [2.24, 2.45) is 0 Å². The normalized spacial score (nSPS) is 10.1. The summed E-state index contributed by atoms with van der Waals surface area (Å²) in [4.78, 5) is 19.9. The molecule has 1 aromatic rings. The zero-order chi connectivity index (χ0) is 15.1. The Balaban J connectivity index is 3.27. The molecule has 0 radical (unpaired) electrons. The van der Waals surface area contributed by atoms with E-state index in [4.69, 9.17) is 32.7 Å². The van der Waals surface area contributed by atoms with Gasteiger partial charge in [0.25, 0.3) is 0 Å². The van der Waals surface area contributed by atoms with Crippen molar-refractivity contribution in [3.8, 4) is 11.5 Å². The van der Waals surface area contributed by atoms with Crippen LogP contribution in [-0.4, -0.2) is 34.8 Å². The average Bonchev–Trinajstić information content (AvgIpc) is 2.42. The van der Waals surface area contributed by atoms with E-state index >= 15 is 0 Å². The van der Waals surface area contributed by atoms with Crippen molar-refractivity contribution in [3.05, 3.63) is 32.4 Å². The van der Waals surface area contributed by atoms with Crippen molar-refractivity contribution in [2.75, 3.05) is 25.0 Å². The predicted molar refractivity (Wildman–Crippen MR) is 72.2 cm³/mol. The predicted octanol–water partition coefficient (Wildman–Crippen LogP) is 2.74. The van der Waals surface area contributed by atoms with Gasteiger partial charge in [0.05, 0.1) is 33.7 Å². The Hall–Kier alpha value is -1.80. The molecule has 0 atom stereocenters. The van der Waals surface area contributed by atoms with E-state index in [2.05, 4.69) is 0 Å². The molecule has 0 fully saturated rings. The first-order valence-corrected chi connectivity index (χ1v) is 6.42. The summed E-state index contributed by atoms with van der Waals surface area (Å²) < 4.78 is 10.4. The first kappa shape index (κ1) is 16.3. The summed E-state index contributed by atoms with van der Waals surface area (Å²) in [5, 5.41) is 21.7. The second-order valence-electron chi connectivity index (χ2n) is 3.38. The molecule has 1 rings (SSSR count). The number of benzene rings is 1. The molecule has 0 spiro atoms. The maximum Gasteiger partial charge on any atom is 0.350 e. The molecule has 0 N–H and O–H groups in total. The van der Waals surface area contributed by atoms with Crippen LogP contribution < -0.4 is 9.47 Å². The highest BCUT2D eigenvalue weighted by Gasteiger charge is 2.28. The molecule has 8 nitrogen and oxygen atoms in total. The van der Waals surface area contributed by atoms with Gasteiger partial charge < -0.3 is 9.47 Å². The second kappa shape index (κ2) is 7.71. The van der Waals surface area contributed by atoms with Gasteiger partial charge in [0.2, 0.25) is 0 Å². The van der Waals surface area contributed by atoms with Crippen LogP contribution >= 0.6 is 23.2 Å². The van der Waals surface area contributed by atoms with Crippen LogP contribution in [0.15, 0.2) is 12.1 Å². The highest BCUT2D eigenvalue weighted by molar-refractivity contribution is 6.18. The van der Waals surface area contributed by atoms with Crippen LogP contribution in [0.25, 0.3) is 0 Å². The summed E-state index contributed by atoms with van der Waals surface area (Å²) in [6.45, 7) is 0.154. The van der Waals surface area contributed by atoms with E-state index in [-0.39, 0.29) is 36.5 Å². The lowest BCUT2D eigenvalue weighted by molar-refractivity contribution is -0.422. The van der Waals surface area contributed by atoms with E-state index in [1.165, 1.54) is 0 Å². The molecule has 0 unspecified atom stereocenters. The number of hydrogen-bond acceptors (Lipinski definition) is 6. The minimum Gasteiger partial charge on any atom is -0.488 e. The van der Waals surface area contributed by atoms with Crippen LogP contribution in [0.5, 0.6) is 11.5 Å². The molecular formula is C10H10Cl2N2O6. The van der Waals surface area contributed by atoms with Gasteiger partial charge in [-0.25, -0.2) is 0 Å². The standard InChI is InChI=1S/C10H10Cl2N2O6/c11-1-3-19-9-5-7(13(15)16)8(14(17)18)6-10(9)20-4-2-12/h5-6H,1-4H2. The van der Waals surface area contributed by atoms with Crippen molar-refractivity contribution in [2.45, 2.75) is 0 Å². The van der Waals surface area contributed by atoms with E-state index in [0.717, 1.165) is 12.1 Å². The number of nitro benzene ring substituents is 2. The number of halogens is 2. The third-order valence-electron chi connectivity index (χ3n) is 2.10. The van der Waals surface area contributed by atoms with Gasteiger partial charge in [0.15, 0.2) is 11.5 Å². The molecule has 10 heteroatoms. The summed E-state index contributed by atoms with van der Waals surface area (Å²) in [5.41, 5.74) is -1.37. The van der Waals surface area contributed by atoms with E-state index in [1.54, 1.807) is 0 Å². The molecule has 0 heterocycles. The Bertz CT molecular complexity index is 466. The second-order valence-corrected chi connectivity index (χ2v) is 4.13. The van der Waals surface area contributed by atoms with Crippen LogP contribution in [0.1, 0.15) is 0 Å². The van der Waals surface area contributed by atoms with Crippen molar-refractivity contribution in [3.63, 3.8) is 0 Å². The molecule has 0 bridgehead atoms. The van der Waals surface area contributed by atoms with Crippen LogP contribution in [0, 0.1) is 20.2 Å². The average molecular weight is 325 g/mol. The molecule has 0 aromatic heterocycles. The van der Waals surface area contributed by atoms with E-state index in [9.17, 15) is 20.2 Å². The highest BCUT2D eigenvalue weighted by atomic mass is 35.5. The first-order valence-electron chi connectivity index (χ1n) is 5.35. The van der Waals surface area contributed by atoms with Gasteiger partial charge in [-0.1, -0.05) is 0 Å². The zero-order valence-corrected chi connectivity index (χ0v) is 11.6. The Morgan fingerprint density at radius 3 is 1.50 bits per heavy atom. The first-order chi connectivity index (χ1) is 9.51. The molecule has 0 saturated heterocycles. The van der Waals surface area contributed by atoms with Crippen LogP contribution in [0.2, 0.25) is 0 Å². The fourth-order valence-electron chi connectivity index (χ4n) is 1.35. The van der Waals surface area contributed by atoms with Crippen molar-refractivity contribution in [1.29, 1.82) is 0 Å². The topological polar surface area (TPSA) is 105 Å². The van der Waals surface area contributed by atoms with Gasteiger partial charge in [0, 0.05) is 0 Å². The Morgan fingerprint density at radius 1 is 0.900 bits per heavy atom. The molecule has 20 heavy (non-hydrogen) atoms. The van der Waals surface area contributed by atoms with Crippen LogP contribution in [0.4, 0.5) is 11.4 Å². The summed E-state index contributed by atoms with van der Waals surface area (Å²) in [6.07, 6.45) is 0. The van der Waals surface area contributed by atoms with Crippen molar-refractivity contribution < 1.29 is 19.3 Å². The number of nitro groups is 2. The fourth-order valence-corrected chi connectivity index (χ4v) is 1.51. The van der Waals surface area contributed by atoms with Gasteiger partial charge in [-0.15, -0.1) is 23.2 Å². The Morgan fingerprint density at radius 2 is 1.25 bits per heavy atom. The molecule has 0 aliphatic rings. The van der Waals surface area contributed by atoms with E-state index < -0.39 is 21.2 Å². The van der Waals surface area contributed by atoms with E-state index in [1.807, 2.05) is 0 Å². The number of ether oxygens (including phenoxy) is 2. The molecule has 0 saturated carbocycles. The van der Waals surface area contributed by atoms with Crippen LogP contribution in [-0.2, 0) is 0 Å². The summed E-state index contributed by atoms with van der Waals surface area (Å²) in [5.74, 6) is 0.320.